The lowest BCUT2D eigenvalue weighted by Crippen LogP contribution is -2.36. The van der Waals surface area contributed by atoms with Crippen LogP contribution in [-0.4, -0.2) is 72.3 Å². The van der Waals surface area contributed by atoms with E-state index in [4.69, 9.17) is 21.1 Å². The monoisotopic (exact) mass is 642 g/mol. The molecule has 2 aliphatic rings. The molecule has 0 bridgehead atoms. The minimum Gasteiger partial charge on any atom is -0.489 e. The molecule has 1 aromatic heterocycles. The predicted molar refractivity (Wildman–Crippen MR) is 167 cm³/mol. The molecule has 1 saturated heterocycles. The van der Waals surface area contributed by atoms with Crippen LogP contribution in [0.1, 0.15) is 50.0 Å². The maximum absolute atomic E-state index is 13.5. The van der Waals surface area contributed by atoms with Crippen LogP contribution in [0.2, 0.25) is 5.02 Å². The third kappa shape index (κ3) is 6.30. The number of nitrogens with zero attached hydrogens (tertiary/aromatic N) is 3. The average Bonchev–Trinajstić information content (AvgIpc) is 3.59. The number of halogens is 1. The summed E-state index contributed by atoms with van der Waals surface area (Å²) in [4.78, 5) is 36.2. The minimum atomic E-state index is -3.59. The van der Waals surface area contributed by atoms with Gasteiger partial charge in [-0.1, -0.05) is 23.7 Å². The number of methoxy groups -OCH3 is 1. The Balaban J connectivity index is 1.43. The van der Waals surface area contributed by atoms with E-state index >= 15 is 0 Å². The number of para-hydroxylation sites is 1. The van der Waals surface area contributed by atoms with Crippen LogP contribution in [0.15, 0.2) is 47.5 Å². The van der Waals surface area contributed by atoms with Crippen molar-refractivity contribution in [2.75, 3.05) is 24.3 Å². The second-order valence-corrected chi connectivity index (χ2v) is 14.1. The number of nitrogens with one attached hydrogen (secondary N) is 3. The zero-order valence-corrected chi connectivity index (χ0v) is 26.6. The molecule has 234 valence electrons. The van der Waals surface area contributed by atoms with E-state index in [9.17, 15) is 18.0 Å². The van der Waals surface area contributed by atoms with E-state index in [-0.39, 0.29) is 45.7 Å². The zero-order chi connectivity index (χ0) is 31.8. The fourth-order valence-corrected chi connectivity index (χ4v) is 6.56. The van der Waals surface area contributed by atoms with Gasteiger partial charge >= 0.3 is 5.97 Å². The maximum atomic E-state index is 13.5. The second-order valence-electron chi connectivity index (χ2n) is 11.2. The van der Waals surface area contributed by atoms with Crippen molar-refractivity contribution >= 4 is 56.5 Å². The van der Waals surface area contributed by atoms with Gasteiger partial charge in [0.2, 0.25) is 5.95 Å². The van der Waals surface area contributed by atoms with Crippen molar-refractivity contribution in [2.24, 2.45) is 0 Å². The van der Waals surface area contributed by atoms with E-state index in [1.165, 1.54) is 19.4 Å². The fraction of sp³-hybridized carbons (Fsp3) is 0.400. The van der Waals surface area contributed by atoms with Gasteiger partial charge < -0.3 is 30.3 Å². The number of anilines is 4. The molecule has 1 amide bonds. The molecule has 2 atom stereocenters. The van der Waals surface area contributed by atoms with E-state index < -0.39 is 21.1 Å². The van der Waals surface area contributed by atoms with Gasteiger partial charge in [-0.15, -0.1) is 0 Å². The number of ether oxygens (including phenoxy) is 2. The summed E-state index contributed by atoms with van der Waals surface area (Å²) < 4.78 is 36.9. The number of hydrogen-bond donors (Lipinski definition) is 3. The number of hydrogen-bond acceptors (Lipinski definition) is 11. The van der Waals surface area contributed by atoms with Crippen LogP contribution in [0.25, 0.3) is 0 Å². The number of sulfone groups is 1. The lowest BCUT2D eigenvalue weighted by molar-refractivity contribution is -0.142. The summed E-state index contributed by atoms with van der Waals surface area (Å²) in [7, 11) is -2.25. The number of benzene rings is 2. The Kier molecular flexibility index (Phi) is 9.00. The van der Waals surface area contributed by atoms with Crippen LogP contribution in [0, 0.1) is 0 Å². The van der Waals surface area contributed by atoms with Crippen molar-refractivity contribution in [1.29, 1.82) is 0 Å². The van der Waals surface area contributed by atoms with Crippen LogP contribution in [0.4, 0.5) is 23.1 Å². The molecule has 2 aromatic carbocycles. The molecule has 3 N–H and O–H groups in total. The van der Waals surface area contributed by atoms with Crippen LogP contribution in [-0.2, 0) is 25.9 Å². The molecule has 0 spiro atoms. The van der Waals surface area contributed by atoms with Gasteiger partial charge in [0.15, 0.2) is 15.7 Å². The molecule has 3 heterocycles. The number of amides is 1. The Morgan fingerprint density at radius 1 is 1.14 bits per heavy atom. The summed E-state index contributed by atoms with van der Waals surface area (Å²) in [6.45, 7) is 7.90. The predicted octanol–water partition coefficient (Wildman–Crippen LogP) is 4.45. The molecular weight excluding hydrogens is 608 g/mol. The zero-order valence-electron chi connectivity index (χ0n) is 25.0. The van der Waals surface area contributed by atoms with E-state index in [0.29, 0.717) is 42.2 Å². The first-order chi connectivity index (χ1) is 20.9. The number of carbonyl (C=O) groups excluding carboxylic acids is 2. The summed E-state index contributed by atoms with van der Waals surface area (Å²) in [5, 5.41) is 8.89. The van der Waals surface area contributed by atoms with Crippen molar-refractivity contribution in [3.8, 4) is 5.75 Å². The minimum absolute atomic E-state index is 0.129. The number of aromatic nitrogens is 2. The van der Waals surface area contributed by atoms with Gasteiger partial charge in [0.1, 0.15) is 16.8 Å². The SMILES string of the molecule is COC(=O)[C@@H]1CC(N2Cc3cc(OC(C)C)c(Nc4ncc(Cl)c(Nc5ccccc5S(=O)(=O)C(C)C)n4)cc3C2=O)CN1. The summed E-state index contributed by atoms with van der Waals surface area (Å²) in [5.41, 5.74) is 2.11. The van der Waals surface area contributed by atoms with Gasteiger partial charge in [-0.25, -0.2) is 13.4 Å². The number of rotatable bonds is 10. The molecule has 1 unspecified atom stereocenters. The standard InChI is InChI=1S/C30H35ClN6O6S/c1-16(2)43-25-10-18-15-37(19-11-24(32-13-19)29(39)42-5)28(38)20(18)12-23(25)35-30-33-14-21(31)27(36-30)34-22-8-6-7-9-26(22)44(40,41)17(3)4/h6-10,12,14,16-17,19,24,32H,11,13,15H2,1-5H3,(H2,33,34,35,36)/t19?,24-/m0/s1. The Morgan fingerprint density at radius 3 is 2.59 bits per heavy atom. The van der Waals surface area contributed by atoms with Crippen LogP contribution in [0.5, 0.6) is 5.75 Å². The quantitative estimate of drug-likeness (QED) is 0.269. The normalized spacial score (nSPS) is 18.1. The molecular formula is C30H35ClN6O6S. The first-order valence-electron chi connectivity index (χ1n) is 14.2. The van der Waals surface area contributed by atoms with Gasteiger partial charge in [-0.05, 0) is 63.9 Å². The van der Waals surface area contributed by atoms with E-state index in [2.05, 4.69) is 25.9 Å². The van der Waals surface area contributed by atoms with Crippen LogP contribution < -0.4 is 20.7 Å². The Bertz CT molecular complexity index is 1700. The summed E-state index contributed by atoms with van der Waals surface area (Å²) in [6.07, 6.45) is 1.69. The highest BCUT2D eigenvalue weighted by Crippen LogP contribution is 2.38. The van der Waals surface area contributed by atoms with Gasteiger partial charge in [0, 0.05) is 24.7 Å². The molecule has 3 aromatic rings. The van der Waals surface area contributed by atoms with Crippen LogP contribution >= 0.6 is 11.6 Å². The highest BCUT2D eigenvalue weighted by atomic mass is 35.5. The Hall–Kier alpha value is -3.94. The van der Waals surface area contributed by atoms with Crippen molar-refractivity contribution in [3.63, 3.8) is 0 Å². The first-order valence-corrected chi connectivity index (χ1v) is 16.2. The number of fused-ring (bicyclic) bond motifs is 1. The highest BCUT2D eigenvalue weighted by molar-refractivity contribution is 7.92. The topological polar surface area (TPSA) is 152 Å². The van der Waals surface area contributed by atoms with Crippen molar-refractivity contribution in [2.45, 2.75) is 69.0 Å². The Labute approximate surface area is 261 Å². The van der Waals surface area contributed by atoms with E-state index in [1.54, 1.807) is 43.0 Å². The number of esters is 1. The maximum Gasteiger partial charge on any atom is 0.322 e. The lowest BCUT2D eigenvalue weighted by Gasteiger charge is -2.22. The van der Waals surface area contributed by atoms with Crippen LogP contribution in [0.3, 0.4) is 0 Å². The van der Waals surface area contributed by atoms with Crippen molar-refractivity contribution < 1.29 is 27.5 Å². The second kappa shape index (κ2) is 12.6. The molecule has 2 aliphatic heterocycles. The molecule has 14 heteroatoms. The summed E-state index contributed by atoms with van der Waals surface area (Å²) in [5.74, 6) is 0.348. The van der Waals surface area contributed by atoms with Gasteiger partial charge in [0.05, 0.1) is 40.9 Å². The Morgan fingerprint density at radius 2 is 1.89 bits per heavy atom. The molecule has 5 rings (SSSR count). The first kappa shape index (κ1) is 31.5. The summed E-state index contributed by atoms with van der Waals surface area (Å²) >= 11 is 6.42. The lowest BCUT2D eigenvalue weighted by atomic mass is 10.1. The third-order valence-electron chi connectivity index (χ3n) is 7.49. The fourth-order valence-electron chi connectivity index (χ4n) is 5.22. The van der Waals surface area contributed by atoms with E-state index in [0.717, 1.165) is 5.56 Å². The van der Waals surface area contributed by atoms with E-state index in [1.807, 2.05) is 19.9 Å². The largest absolute Gasteiger partial charge is 0.489 e. The van der Waals surface area contributed by atoms with Gasteiger partial charge in [0.25, 0.3) is 5.91 Å². The molecule has 12 nitrogen and oxygen atoms in total. The van der Waals surface area contributed by atoms with Gasteiger partial charge in [-0.2, -0.15) is 4.98 Å². The third-order valence-corrected chi connectivity index (χ3v) is 9.98. The molecule has 0 saturated carbocycles. The molecule has 1 fully saturated rings. The molecule has 0 aliphatic carbocycles. The van der Waals surface area contributed by atoms with Crippen molar-refractivity contribution in [3.05, 3.63) is 58.7 Å². The molecule has 0 radical (unpaired) electrons. The van der Waals surface area contributed by atoms with Gasteiger partial charge in [-0.3, -0.25) is 9.59 Å². The highest BCUT2D eigenvalue weighted by Gasteiger charge is 2.40. The molecule has 44 heavy (non-hydrogen) atoms. The summed E-state index contributed by atoms with van der Waals surface area (Å²) in [6, 6.07) is 9.46. The average molecular weight is 643 g/mol. The van der Waals surface area contributed by atoms with Crippen molar-refractivity contribution in [1.82, 2.24) is 20.2 Å². The smallest absolute Gasteiger partial charge is 0.322 e. The number of carbonyl (C=O) groups is 2.